The van der Waals surface area contributed by atoms with Crippen molar-refractivity contribution < 1.29 is 9.53 Å². The van der Waals surface area contributed by atoms with Crippen molar-refractivity contribution in [3.8, 4) is 24.7 Å². The summed E-state index contributed by atoms with van der Waals surface area (Å²) >= 11 is 0. The lowest BCUT2D eigenvalue weighted by molar-refractivity contribution is -0.142. The minimum atomic E-state index is -0.592. The zero-order chi connectivity index (χ0) is 10.3. The van der Waals surface area contributed by atoms with Gasteiger partial charge in [0.05, 0.1) is 0 Å². The highest BCUT2D eigenvalue weighted by atomic mass is 16.5. The third-order valence-electron chi connectivity index (χ3n) is 1.39. The predicted octanol–water partition coefficient (Wildman–Crippen LogP) is 1.52. The normalized spacial score (nSPS) is 12.5. The van der Waals surface area contributed by atoms with E-state index >= 15 is 0 Å². The molecule has 0 heterocycles. The lowest BCUT2D eigenvalue weighted by Gasteiger charge is -2.10. The van der Waals surface area contributed by atoms with Crippen molar-refractivity contribution in [3.63, 3.8) is 0 Å². The maximum absolute atomic E-state index is 10.6. The molecule has 1 unspecified atom stereocenters. The molecule has 0 aliphatic heterocycles. The molecule has 0 radical (unpaired) electrons. The summed E-state index contributed by atoms with van der Waals surface area (Å²) in [5.74, 6) is 4.42. The number of ether oxygens (including phenoxy) is 1. The Labute approximate surface area is 79.0 Å². The number of esters is 1. The minimum absolute atomic E-state index is 0.392. The fraction of sp³-hybridized carbons (Fsp3) is 0.364. The Morgan fingerprint density at radius 1 is 1.54 bits per heavy atom. The number of hydrogen-bond donors (Lipinski definition) is 0. The summed E-state index contributed by atoms with van der Waals surface area (Å²) in [6.07, 6.45) is 11.9. The number of terminal acetylenes is 2. The Kier molecular flexibility index (Phi) is 5.15. The van der Waals surface area contributed by atoms with Crippen LogP contribution in [-0.2, 0) is 9.53 Å². The zero-order valence-electron chi connectivity index (χ0n) is 7.83. The van der Waals surface area contributed by atoms with Crippen LogP contribution in [0.25, 0.3) is 0 Å². The first-order valence-corrected chi connectivity index (χ1v) is 3.85. The third kappa shape index (κ3) is 4.71. The number of carbonyl (C=O) groups excluding carboxylic acids is 1. The van der Waals surface area contributed by atoms with Crippen LogP contribution < -0.4 is 0 Å². The molecule has 0 bridgehead atoms. The Morgan fingerprint density at radius 3 is 2.54 bits per heavy atom. The highest BCUT2D eigenvalue weighted by Crippen LogP contribution is 2.06. The maximum atomic E-state index is 10.6. The van der Waals surface area contributed by atoms with Gasteiger partial charge in [-0.15, -0.1) is 18.8 Å². The molecular weight excluding hydrogens is 164 g/mol. The predicted molar refractivity (Wildman–Crippen MR) is 51.6 cm³/mol. The molecular formula is C11H12O2. The van der Waals surface area contributed by atoms with Gasteiger partial charge in [0, 0.05) is 13.3 Å². The molecule has 0 fully saturated rings. The van der Waals surface area contributed by atoms with Gasteiger partial charge in [-0.1, -0.05) is 12.0 Å². The fourth-order valence-corrected chi connectivity index (χ4v) is 0.751. The van der Waals surface area contributed by atoms with Crippen LogP contribution in [0.15, 0.2) is 11.6 Å². The highest BCUT2D eigenvalue weighted by molar-refractivity contribution is 5.66. The van der Waals surface area contributed by atoms with Crippen molar-refractivity contribution >= 4 is 5.97 Å². The number of rotatable bonds is 3. The van der Waals surface area contributed by atoms with E-state index in [4.69, 9.17) is 17.6 Å². The van der Waals surface area contributed by atoms with Gasteiger partial charge in [-0.05, 0) is 12.5 Å². The van der Waals surface area contributed by atoms with Crippen LogP contribution >= 0.6 is 0 Å². The average Bonchev–Trinajstić information content (AvgIpc) is 2.09. The van der Waals surface area contributed by atoms with Crippen molar-refractivity contribution in [3.05, 3.63) is 11.6 Å². The first kappa shape index (κ1) is 11.3. The van der Waals surface area contributed by atoms with Crippen LogP contribution in [-0.4, -0.2) is 12.1 Å². The van der Waals surface area contributed by atoms with Gasteiger partial charge in [0.15, 0.2) is 6.10 Å². The Morgan fingerprint density at radius 2 is 2.15 bits per heavy atom. The number of carbonyl (C=O) groups is 1. The molecule has 13 heavy (non-hydrogen) atoms. The van der Waals surface area contributed by atoms with Crippen molar-refractivity contribution in [2.75, 3.05) is 0 Å². The van der Waals surface area contributed by atoms with Gasteiger partial charge in [0.2, 0.25) is 0 Å². The molecule has 0 rings (SSSR count). The topological polar surface area (TPSA) is 26.3 Å². The van der Waals surface area contributed by atoms with Crippen LogP contribution in [0, 0.1) is 24.7 Å². The van der Waals surface area contributed by atoms with Gasteiger partial charge >= 0.3 is 5.97 Å². The molecule has 68 valence electrons. The Balaban J connectivity index is 4.35. The molecule has 2 heteroatoms. The molecule has 0 N–H and O–H groups in total. The molecule has 1 atom stereocenters. The highest BCUT2D eigenvalue weighted by Gasteiger charge is 2.09. The molecule has 0 aromatic carbocycles. The van der Waals surface area contributed by atoms with E-state index < -0.39 is 12.1 Å². The molecule has 0 saturated carbocycles. The zero-order valence-corrected chi connectivity index (χ0v) is 7.83. The van der Waals surface area contributed by atoms with E-state index in [1.54, 1.807) is 13.0 Å². The summed E-state index contributed by atoms with van der Waals surface area (Å²) in [5.41, 5.74) is 0.788. The van der Waals surface area contributed by atoms with E-state index in [1.807, 2.05) is 0 Å². The van der Waals surface area contributed by atoms with Gasteiger partial charge in [0.25, 0.3) is 0 Å². The first-order chi connectivity index (χ1) is 6.11. The van der Waals surface area contributed by atoms with Crippen LogP contribution in [0.3, 0.4) is 0 Å². The second-order valence-corrected chi connectivity index (χ2v) is 2.51. The summed E-state index contributed by atoms with van der Waals surface area (Å²) in [6, 6.07) is 0. The summed E-state index contributed by atoms with van der Waals surface area (Å²) in [5, 5.41) is 0. The van der Waals surface area contributed by atoms with E-state index in [9.17, 15) is 4.79 Å². The van der Waals surface area contributed by atoms with Gasteiger partial charge in [-0.2, -0.15) is 0 Å². The molecule has 0 aliphatic carbocycles. The first-order valence-electron chi connectivity index (χ1n) is 3.85. The molecule has 0 amide bonds. The van der Waals surface area contributed by atoms with E-state index in [1.165, 1.54) is 6.92 Å². The number of allylic oxidation sites excluding steroid dienone is 1. The molecule has 0 aromatic rings. The second-order valence-electron chi connectivity index (χ2n) is 2.51. The van der Waals surface area contributed by atoms with E-state index in [2.05, 4.69) is 11.8 Å². The second kappa shape index (κ2) is 5.91. The van der Waals surface area contributed by atoms with Gasteiger partial charge in [-0.25, -0.2) is 0 Å². The van der Waals surface area contributed by atoms with Crippen molar-refractivity contribution in [2.24, 2.45) is 0 Å². The van der Waals surface area contributed by atoms with Gasteiger partial charge in [0.1, 0.15) is 0 Å². The summed E-state index contributed by atoms with van der Waals surface area (Å²) in [7, 11) is 0. The van der Waals surface area contributed by atoms with Crippen LogP contribution in [0.4, 0.5) is 0 Å². The van der Waals surface area contributed by atoms with Crippen molar-refractivity contribution in [2.45, 2.75) is 26.4 Å². The largest absolute Gasteiger partial charge is 0.445 e. The lowest BCUT2D eigenvalue weighted by atomic mass is 10.1. The van der Waals surface area contributed by atoms with E-state index in [0.717, 1.165) is 5.57 Å². The van der Waals surface area contributed by atoms with Crippen LogP contribution in [0.2, 0.25) is 0 Å². The third-order valence-corrected chi connectivity index (χ3v) is 1.39. The van der Waals surface area contributed by atoms with Gasteiger partial charge in [-0.3, -0.25) is 4.79 Å². The van der Waals surface area contributed by atoms with Crippen LogP contribution in [0.5, 0.6) is 0 Å². The molecule has 0 aliphatic rings. The monoisotopic (exact) mass is 176 g/mol. The summed E-state index contributed by atoms with van der Waals surface area (Å²) in [6.45, 7) is 3.10. The maximum Gasteiger partial charge on any atom is 0.304 e. The Hall–Kier alpha value is -1.67. The summed E-state index contributed by atoms with van der Waals surface area (Å²) < 4.78 is 4.85. The van der Waals surface area contributed by atoms with Crippen LogP contribution in [0.1, 0.15) is 20.3 Å². The van der Waals surface area contributed by atoms with Crippen molar-refractivity contribution in [1.29, 1.82) is 0 Å². The molecule has 0 spiro atoms. The molecule has 2 nitrogen and oxygen atoms in total. The van der Waals surface area contributed by atoms with Gasteiger partial charge < -0.3 is 4.74 Å². The fourth-order valence-electron chi connectivity index (χ4n) is 0.751. The van der Waals surface area contributed by atoms with E-state index in [0.29, 0.717) is 6.42 Å². The SMILES string of the molecule is C#CCC=C(C)C(C#C)OC(C)=O. The van der Waals surface area contributed by atoms with Crippen molar-refractivity contribution in [1.82, 2.24) is 0 Å². The Bertz CT molecular complexity index is 286. The summed E-state index contributed by atoms with van der Waals surface area (Å²) in [4.78, 5) is 10.6. The van der Waals surface area contributed by atoms with E-state index in [-0.39, 0.29) is 0 Å². The minimum Gasteiger partial charge on any atom is -0.445 e. The number of hydrogen-bond acceptors (Lipinski definition) is 2. The quantitative estimate of drug-likeness (QED) is 0.370. The lowest BCUT2D eigenvalue weighted by Crippen LogP contribution is -2.15. The smallest absolute Gasteiger partial charge is 0.304 e. The standard InChI is InChI=1S/C11H12O2/c1-5-7-8-9(3)11(6-2)13-10(4)12/h1-2,8,11H,7H2,3-4H3. The molecule has 0 aromatic heterocycles. The average molecular weight is 176 g/mol. The molecule has 0 saturated heterocycles.